The van der Waals surface area contributed by atoms with Crippen LogP contribution < -0.4 is 5.32 Å². The molecule has 0 aromatic rings. The van der Waals surface area contributed by atoms with E-state index in [-0.39, 0.29) is 0 Å². The summed E-state index contributed by atoms with van der Waals surface area (Å²) in [5, 5.41) is 4.05. The third kappa shape index (κ3) is 3.28. The summed E-state index contributed by atoms with van der Waals surface area (Å²) in [6.45, 7) is 3.35. The molecule has 0 aromatic heterocycles. The lowest BCUT2D eigenvalue weighted by atomic mass is 9.63. The standard InChI is InChI=1S/C28H33N/c1-18-5-14-26-25(15-18)17-29-28(24-13-10-19-3-2-4-23(19)16-24)27(26)22-11-8-21(9-12-22)20-6-7-20/h5-6,8-11,13,15,22,24,26-29H,2-4,7,12,14,16-17H2,1H3/t22?,24?,26?,27?,28-/m1/s1. The SMILES string of the molecule is CC1=CCC2C(=C1)CN[C@H](C1C=CC3=C(CCC3)C1)C2C1C=CC(C2=CC2)=CC1. The Morgan fingerprint density at radius 1 is 0.966 bits per heavy atom. The van der Waals surface area contributed by atoms with Gasteiger partial charge in [0.25, 0.3) is 0 Å². The molecule has 150 valence electrons. The monoisotopic (exact) mass is 383 g/mol. The third-order valence-electron chi connectivity index (χ3n) is 8.28. The summed E-state index contributed by atoms with van der Waals surface area (Å²) in [6.07, 6.45) is 28.9. The molecule has 0 aromatic carbocycles. The molecule has 0 amide bonds. The molecule has 5 aliphatic carbocycles. The van der Waals surface area contributed by atoms with E-state index in [0.29, 0.717) is 29.7 Å². The van der Waals surface area contributed by atoms with Gasteiger partial charge in [-0.25, -0.2) is 0 Å². The number of rotatable bonds is 3. The van der Waals surface area contributed by atoms with Gasteiger partial charge in [-0.15, -0.1) is 0 Å². The van der Waals surface area contributed by atoms with Crippen LogP contribution in [-0.4, -0.2) is 12.6 Å². The summed E-state index contributed by atoms with van der Waals surface area (Å²) in [7, 11) is 0. The van der Waals surface area contributed by atoms with Crippen molar-refractivity contribution in [3.63, 3.8) is 0 Å². The van der Waals surface area contributed by atoms with Crippen molar-refractivity contribution in [2.24, 2.45) is 23.7 Å². The quantitative estimate of drug-likeness (QED) is 0.598. The second-order valence-electron chi connectivity index (χ2n) is 10.1. The summed E-state index contributed by atoms with van der Waals surface area (Å²) in [5.41, 5.74) is 9.59. The predicted molar refractivity (Wildman–Crippen MR) is 121 cm³/mol. The minimum absolute atomic E-state index is 0.597. The molecule has 0 saturated carbocycles. The van der Waals surface area contributed by atoms with Crippen LogP contribution in [0.4, 0.5) is 0 Å². The predicted octanol–water partition coefficient (Wildman–Crippen LogP) is 6.36. The summed E-state index contributed by atoms with van der Waals surface area (Å²) in [4.78, 5) is 0. The first-order chi connectivity index (χ1) is 14.3. The molecular weight excluding hydrogens is 350 g/mol. The van der Waals surface area contributed by atoms with Crippen molar-refractivity contribution in [2.75, 3.05) is 6.54 Å². The maximum Gasteiger partial charge on any atom is 0.0176 e. The van der Waals surface area contributed by atoms with Crippen molar-refractivity contribution in [1.82, 2.24) is 5.32 Å². The lowest BCUT2D eigenvalue weighted by Crippen LogP contribution is -2.53. The second-order valence-corrected chi connectivity index (χ2v) is 10.1. The summed E-state index contributed by atoms with van der Waals surface area (Å²) in [5.74, 6) is 2.72. The Morgan fingerprint density at radius 3 is 2.69 bits per heavy atom. The van der Waals surface area contributed by atoms with Gasteiger partial charge in [-0.1, -0.05) is 65.3 Å². The first-order valence-electron chi connectivity index (χ1n) is 11.8. The van der Waals surface area contributed by atoms with E-state index in [9.17, 15) is 0 Å². The van der Waals surface area contributed by atoms with Gasteiger partial charge in [0, 0.05) is 12.6 Å². The van der Waals surface area contributed by atoms with Gasteiger partial charge in [-0.05, 0) is 92.3 Å². The molecule has 1 saturated heterocycles. The average Bonchev–Trinajstić information content (AvgIpc) is 3.50. The normalized spacial score (nSPS) is 38.0. The van der Waals surface area contributed by atoms with Crippen LogP contribution in [0.25, 0.3) is 0 Å². The topological polar surface area (TPSA) is 12.0 Å². The number of nitrogens with one attached hydrogen (secondary N) is 1. The van der Waals surface area contributed by atoms with Crippen molar-refractivity contribution >= 4 is 0 Å². The molecule has 6 aliphatic rings. The van der Waals surface area contributed by atoms with E-state index in [1.807, 2.05) is 0 Å². The molecule has 5 atom stereocenters. The fourth-order valence-corrected chi connectivity index (χ4v) is 6.68. The number of hydrogen-bond donors (Lipinski definition) is 1. The Kier molecular flexibility index (Phi) is 4.41. The summed E-state index contributed by atoms with van der Waals surface area (Å²) in [6, 6.07) is 0.597. The zero-order valence-corrected chi connectivity index (χ0v) is 17.7. The van der Waals surface area contributed by atoms with Crippen LogP contribution in [0.1, 0.15) is 51.9 Å². The molecule has 1 heteroatoms. The highest BCUT2D eigenvalue weighted by atomic mass is 15.0. The van der Waals surface area contributed by atoms with Crippen LogP contribution in [0.2, 0.25) is 0 Å². The van der Waals surface area contributed by atoms with E-state index in [0.717, 1.165) is 6.54 Å². The zero-order valence-electron chi connectivity index (χ0n) is 17.7. The van der Waals surface area contributed by atoms with Crippen LogP contribution in [0.15, 0.2) is 82.0 Å². The lowest BCUT2D eigenvalue weighted by Gasteiger charge is -2.48. The summed E-state index contributed by atoms with van der Waals surface area (Å²) < 4.78 is 0. The molecule has 6 rings (SSSR count). The second kappa shape index (κ2) is 7.13. The molecular formula is C28H33N. The van der Waals surface area contributed by atoms with E-state index in [4.69, 9.17) is 0 Å². The van der Waals surface area contributed by atoms with Gasteiger partial charge in [0.05, 0.1) is 0 Å². The van der Waals surface area contributed by atoms with Crippen LogP contribution in [0.3, 0.4) is 0 Å². The zero-order chi connectivity index (χ0) is 19.4. The Labute approximate surface area is 175 Å². The number of hydrogen-bond acceptors (Lipinski definition) is 1. The molecule has 1 aliphatic heterocycles. The number of piperidine rings is 1. The molecule has 4 unspecified atom stereocenters. The fraction of sp³-hybridized carbons (Fsp3) is 0.500. The first-order valence-corrected chi connectivity index (χ1v) is 11.8. The van der Waals surface area contributed by atoms with Gasteiger partial charge in [0.1, 0.15) is 0 Å². The van der Waals surface area contributed by atoms with E-state index >= 15 is 0 Å². The molecule has 1 nitrogen and oxygen atoms in total. The minimum atomic E-state index is 0.597. The van der Waals surface area contributed by atoms with Gasteiger partial charge in [-0.2, -0.15) is 0 Å². The van der Waals surface area contributed by atoms with Crippen molar-refractivity contribution in [3.8, 4) is 0 Å². The highest BCUT2D eigenvalue weighted by molar-refractivity contribution is 5.50. The van der Waals surface area contributed by atoms with E-state index in [1.165, 1.54) is 56.1 Å². The van der Waals surface area contributed by atoms with Crippen LogP contribution >= 0.6 is 0 Å². The van der Waals surface area contributed by atoms with E-state index in [1.54, 1.807) is 22.3 Å². The van der Waals surface area contributed by atoms with Gasteiger partial charge in [-0.3, -0.25) is 0 Å². The van der Waals surface area contributed by atoms with Crippen molar-refractivity contribution < 1.29 is 0 Å². The average molecular weight is 384 g/mol. The molecule has 0 radical (unpaired) electrons. The first kappa shape index (κ1) is 18.0. The molecule has 1 fully saturated rings. The van der Waals surface area contributed by atoms with Gasteiger partial charge < -0.3 is 5.32 Å². The fourth-order valence-electron chi connectivity index (χ4n) is 6.68. The van der Waals surface area contributed by atoms with Gasteiger partial charge >= 0.3 is 0 Å². The Morgan fingerprint density at radius 2 is 1.86 bits per heavy atom. The summed E-state index contributed by atoms with van der Waals surface area (Å²) >= 11 is 0. The van der Waals surface area contributed by atoms with E-state index in [2.05, 4.69) is 60.8 Å². The van der Waals surface area contributed by atoms with Crippen molar-refractivity contribution in [3.05, 3.63) is 82.0 Å². The Hall–Kier alpha value is -1.86. The van der Waals surface area contributed by atoms with Crippen molar-refractivity contribution in [1.29, 1.82) is 0 Å². The van der Waals surface area contributed by atoms with Crippen LogP contribution in [0, 0.1) is 23.7 Å². The molecule has 0 spiro atoms. The van der Waals surface area contributed by atoms with Gasteiger partial charge in [0.15, 0.2) is 0 Å². The lowest BCUT2D eigenvalue weighted by molar-refractivity contribution is 0.153. The minimum Gasteiger partial charge on any atom is -0.309 e. The smallest absolute Gasteiger partial charge is 0.0176 e. The van der Waals surface area contributed by atoms with Crippen LogP contribution in [0.5, 0.6) is 0 Å². The maximum absolute atomic E-state index is 4.05. The highest BCUT2D eigenvalue weighted by Crippen LogP contribution is 2.47. The van der Waals surface area contributed by atoms with Crippen LogP contribution in [-0.2, 0) is 0 Å². The maximum atomic E-state index is 4.05. The van der Waals surface area contributed by atoms with Crippen molar-refractivity contribution in [2.45, 2.75) is 57.9 Å². The Balaban J connectivity index is 1.29. The largest absolute Gasteiger partial charge is 0.309 e. The van der Waals surface area contributed by atoms with E-state index < -0.39 is 0 Å². The molecule has 0 bridgehead atoms. The molecule has 1 N–H and O–H groups in total. The number of fused-ring (bicyclic) bond motifs is 1. The highest BCUT2D eigenvalue weighted by Gasteiger charge is 2.43. The molecule has 1 heterocycles. The van der Waals surface area contributed by atoms with Gasteiger partial charge in [0.2, 0.25) is 0 Å². The molecule has 29 heavy (non-hydrogen) atoms. The number of allylic oxidation sites excluding steroid dienone is 12. The third-order valence-corrected chi connectivity index (χ3v) is 8.28. The Bertz CT molecular complexity index is 931.